The summed E-state index contributed by atoms with van der Waals surface area (Å²) in [5.74, 6) is -0.715. The third-order valence-electron chi connectivity index (χ3n) is 10.4. The highest BCUT2D eigenvalue weighted by molar-refractivity contribution is 7.22. The van der Waals surface area contributed by atoms with Crippen molar-refractivity contribution in [1.82, 2.24) is 24.6 Å². The number of likely N-dealkylation sites (tertiary alicyclic amines) is 2. The smallest absolute Gasteiger partial charge is 0.409 e. The Labute approximate surface area is 313 Å². The maximum Gasteiger partial charge on any atom is 0.409 e. The molecule has 5 aromatic rings. The highest BCUT2D eigenvalue weighted by Crippen LogP contribution is 2.45. The van der Waals surface area contributed by atoms with Crippen molar-refractivity contribution in [2.75, 3.05) is 33.3 Å². The highest BCUT2D eigenvalue weighted by Gasteiger charge is 2.35. The van der Waals surface area contributed by atoms with Gasteiger partial charge < -0.3 is 19.5 Å². The molecule has 4 heterocycles. The van der Waals surface area contributed by atoms with Crippen LogP contribution < -0.4 is 0 Å². The largest absolute Gasteiger partial charge is 0.479 e. The van der Waals surface area contributed by atoms with Gasteiger partial charge in [-0.25, -0.2) is 14.6 Å². The van der Waals surface area contributed by atoms with Gasteiger partial charge in [-0.1, -0.05) is 23.7 Å². The van der Waals surface area contributed by atoms with E-state index in [1.807, 2.05) is 58.0 Å². The van der Waals surface area contributed by atoms with E-state index in [2.05, 4.69) is 34.7 Å². The number of aromatic nitrogens is 3. The molecule has 0 radical (unpaired) electrons. The van der Waals surface area contributed by atoms with Crippen LogP contribution in [0.5, 0.6) is 0 Å². The standard InChI is InChI=1S/C40H46ClN5O5S/c1-7-46-31-13-10-26(21-29(31)34(43-46)25-14-17-44(18-15-25)28-16-19-45(22-28)39(49)50-6)37-42-30-20-23(2)32(35(38(47)48)51-40(3,4)5)33(36(30)52-37)24-8-11-27(41)12-9-24/h8-13,20-21,25,28,35H,7,14-19,22H2,1-6H3,(H,47,48)/t28-,35?/m1/s1. The van der Waals surface area contributed by atoms with Crippen molar-refractivity contribution in [1.29, 1.82) is 0 Å². The molecule has 3 aromatic carbocycles. The Bertz CT molecular complexity index is 2130. The van der Waals surface area contributed by atoms with Gasteiger partial charge >= 0.3 is 12.1 Å². The van der Waals surface area contributed by atoms with Crippen LogP contribution in [0.3, 0.4) is 0 Å². The summed E-state index contributed by atoms with van der Waals surface area (Å²) in [6.07, 6.45) is 1.56. The van der Waals surface area contributed by atoms with Crippen LogP contribution in [-0.4, -0.2) is 86.7 Å². The number of nitrogens with zero attached hydrogens (tertiary/aromatic N) is 5. The van der Waals surface area contributed by atoms with Gasteiger partial charge in [-0.3, -0.25) is 9.58 Å². The summed E-state index contributed by atoms with van der Waals surface area (Å²) < 4.78 is 14.2. The lowest BCUT2D eigenvalue weighted by Gasteiger charge is -2.35. The number of piperidine rings is 1. The molecule has 1 amide bonds. The topological polar surface area (TPSA) is 110 Å². The SMILES string of the molecule is CCn1nc(C2CCN([C@@H]3CCN(C(=O)OC)C3)CC2)c2cc(-c3nc4cc(C)c(C(OC(C)(C)C)C(=O)O)c(-c5ccc(Cl)cc5)c4s3)ccc21. The number of carboxylic acid groups (broad SMARTS) is 1. The minimum atomic E-state index is -1.17. The minimum absolute atomic E-state index is 0.242. The fraction of sp³-hybridized carbons (Fsp3) is 0.450. The average Bonchev–Trinajstić information content (AvgIpc) is 3.87. The number of fused-ring (bicyclic) bond motifs is 2. The Hall–Kier alpha value is -4.03. The van der Waals surface area contributed by atoms with Gasteiger partial charge in [0.25, 0.3) is 0 Å². The predicted octanol–water partition coefficient (Wildman–Crippen LogP) is 8.92. The van der Waals surface area contributed by atoms with Gasteiger partial charge in [0, 0.05) is 58.7 Å². The molecule has 2 aliphatic heterocycles. The number of amides is 1. The number of benzene rings is 3. The van der Waals surface area contributed by atoms with Crippen molar-refractivity contribution >= 4 is 56.1 Å². The van der Waals surface area contributed by atoms with Crippen LogP contribution in [0.15, 0.2) is 48.5 Å². The van der Waals surface area contributed by atoms with Gasteiger partial charge in [-0.2, -0.15) is 5.10 Å². The molecule has 0 bridgehead atoms. The Balaban J connectivity index is 1.26. The second-order valence-electron chi connectivity index (χ2n) is 14.9. The number of carbonyl (C=O) groups is 2. The molecule has 274 valence electrons. The molecule has 1 N–H and O–H groups in total. The van der Waals surface area contributed by atoms with Gasteiger partial charge in [0.1, 0.15) is 5.01 Å². The van der Waals surface area contributed by atoms with E-state index in [1.165, 1.54) is 7.11 Å². The quantitative estimate of drug-likeness (QED) is 0.168. The number of hydrogen-bond donors (Lipinski definition) is 1. The first-order valence-electron chi connectivity index (χ1n) is 18.0. The first kappa shape index (κ1) is 36.3. The third-order valence-corrected chi connectivity index (χ3v) is 11.8. The minimum Gasteiger partial charge on any atom is -0.479 e. The predicted molar refractivity (Wildman–Crippen MR) is 206 cm³/mol. The molecule has 52 heavy (non-hydrogen) atoms. The number of ether oxygens (including phenoxy) is 2. The Morgan fingerprint density at radius 1 is 1.04 bits per heavy atom. The monoisotopic (exact) mass is 743 g/mol. The summed E-state index contributed by atoms with van der Waals surface area (Å²) in [6.45, 7) is 13.8. The molecular weight excluding hydrogens is 698 g/mol. The number of carbonyl (C=O) groups excluding carboxylic acids is 1. The molecule has 2 atom stereocenters. The molecule has 2 fully saturated rings. The van der Waals surface area contributed by atoms with E-state index in [-0.39, 0.29) is 6.09 Å². The molecule has 2 aliphatic rings. The number of aliphatic carboxylic acids is 1. The lowest BCUT2D eigenvalue weighted by molar-refractivity contribution is -0.160. The number of aryl methyl sites for hydroxylation is 2. The van der Waals surface area contributed by atoms with Crippen LogP contribution in [-0.2, 0) is 20.8 Å². The molecule has 10 nitrogen and oxygen atoms in total. The normalized spacial score (nSPS) is 18.1. The van der Waals surface area contributed by atoms with Gasteiger partial charge in [-0.05, 0) is 114 Å². The van der Waals surface area contributed by atoms with Crippen LogP contribution in [0.2, 0.25) is 5.02 Å². The van der Waals surface area contributed by atoms with Crippen molar-refractivity contribution < 1.29 is 24.2 Å². The second kappa shape index (κ2) is 14.4. The summed E-state index contributed by atoms with van der Waals surface area (Å²) in [6, 6.07) is 16.4. The zero-order chi connectivity index (χ0) is 36.9. The van der Waals surface area contributed by atoms with Crippen molar-refractivity contribution in [3.8, 4) is 21.7 Å². The summed E-state index contributed by atoms with van der Waals surface area (Å²) in [7, 11) is 1.44. The van der Waals surface area contributed by atoms with E-state index >= 15 is 0 Å². The van der Waals surface area contributed by atoms with E-state index in [0.29, 0.717) is 22.5 Å². The molecule has 12 heteroatoms. The van der Waals surface area contributed by atoms with E-state index in [9.17, 15) is 14.7 Å². The van der Waals surface area contributed by atoms with Crippen molar-refractivity contribution in [3.63, 3.8) is 0 Å². The molecule has 0 aliphatic carbocycles. The Kier molecular flexibility index (Phi) is 10.1. The van der Waals surface area contributed by atoms with Crippen molar-refractivity contribution in [2.24, 2.45) is 0 Å². The van der Waals surface area contributed by atoms with Gasteiger partial charge in [-0.15, -0.1) is 11.3 Å². The fourth-order valence-corrected chi connectivity index (χ4v) is 9.16. The summed E-state index contributed by atoms with van der Waals surface area (Å²) in [4.78, 5) is 34.4. The molecule has 0 saturated carbocycles. The van der Waals surface area contributed by atoms with Gasteiger partial charge in [0.05, 0.1) is 34.1 Å². The number of methoxy groups -OCH3 is 1. The highest BCUT2D eigenvalue weighted by atomic mass is 35.5. The number of halogens is 1. The maximum absolute atomic E-state index is 12.8. The maximum atomic E-state index is 12.8. The van der Waals surface area contributed by atoms with Crippen LogP contribution in [0.1, 0.15) is 75.8 Å². The number of thiazole rings is 1. The summed E-state index contributed by atoms with van der Waals surface area (Å²) >= 11 is 7.87. The molecule has 2 aromatic heterocycles. The number of carboxylic acids is 1. The van der Waals surface area contributed by atoms with Crippen molar-refractivity contribution in [3.05, 3.63) is 70.4 Å². The molecule has 1 unspecified atom stereocenters. The van der Waals surface area contributed by atoms with Gasteiger partial charge in [0.15, 0.2) is 6.10 Å². The molecular formula is C40H46ClN5O5S. The third kappa shape index (κ3) is 7.03. The van der Waals surface area contributed by atoms with Crippen LogP contribution in [0.4, 0.5) is 4.79 Å². The van der Waals surface area contributed by atoms with E-state index in [4.69, 9.17) is 31.2 Å². The summed E-state index contributed by atoms with van der Waals surface area (Å²) in [5.41, 5.74) is 6.44. The van der Waals surface area contributed by atoms with Gasteiger partial charge in [0.2, 0.25) is 0 Å². The first-order valence-corrected chi connectivity index (χ1v) is 19.2. The Morgan fingerprint density at radius 2 is 1.75 bits per heavy atom. The molecule has 2 saturated heterocycles. The number of rotatable bonds is 8. The number of hydrogen-bond acceptors (Lipinski definition) is 8. The average molecular weight is 744 g/mol. The zero-order valence-electron chi connectivity index (χ0n) is 30.6. The first-order chi connectivity index (χ1) is 24.8. The van der Waals surface area contributed by atoms with E-state index in [0.717, 1.165) is 106 Å². The zero-order valence-corrected chi connectivity index (χ0v) is 32.2. The lowest BCUT2D eigenvalue weighted by Crippen LogP contribution is -2.43. The summed E-state index contributed by atoms with van der Waals surface area (Å²) in [5, 5.41) is 18.2. The van der Waals surface area contributed by atoms with Crippen LogP contribution in [0, 0.1) is 6.92 Å². The van der Waals surface area contributed by atoms with Crippen LogP contribution >= 0.6 is 22.9 Å². The second-order valence-corrected chi connectivity index (χ2v) is 16.3. The van der Waals surface area contributed by atoms with E-state index in [1.54, 1.807) is 16.2 Å². The van der Waals surface area contributed by atoms with Crippen molar-refractivity contribution in [2.45, 2.75) is 84.1 Å². The molecule has 7 rings (SSSR count). The van der Waals surface area contributed by atoms with E-state index < -0.39 is 17.7 Å². The Morgan fingerprint density at radius 3 is 2.40 bits per heavy atom. The molecule has 0 spiro atoms. The fourth-order valence-electron chi connectivity index (χ4n) is 7.91. The lowest BCUT2D eigenvalue weighted by atomic mass is 9.90. The van der Waals surface area contributed by atoms with Crippen LogP contribution in [0.25, 0.3) is 42.8 Å².